The van der Waals surface area contributed by atoms with Crippen LogP contribution in [-0.4, -0.2) is 21.5 Å². The van der Waals surface area contributed by atoms with Crippen molar-refractivity contribution in [2.24, 2.45) is 0 Å². The number of aryl methyl sites for hydroxylation is 1. The Labute approximate surface area is 149 Å². The zero-order chi connectivity index (χ0) is 18.8. The lowest BCUT2D eigenvalue weighted by atomic mass is 9.87. The second-order valence-corrected chi connectivity index (χ2v) is 8.58. The molecule has 134 valence electrons. The van der Waals surface area contributed by atoms with E-state index in [2.05, 4.69) is 30.2 Å². The molecule has 0 bridgehead atoms. The molecule has 0 saturated carbocycles. The summed E-state index contributed by atoms with van der Waals surface area (Å²) >= 11 is 0. The molecule has 0 heterocycles. The van der Waals surface area contributed by atoms with Gasteiger partial charge < -0.3 is 4.74 Å². The Morgan fingerprint density at radius 3 is 2.12 bits per heavy atom. The van der Waals surface area contributed by atoms with Gasteiger partial charge in [-0.3, -0.25) is 4.72 Å². The van der Waals surface area contributed by atoms with E-state index in [9.17, 15) is 13.2 Å². The van der Waals surface area contributed by atoms with Crippen molar-refractivity contribution in [1.82, 2.24) is 0 Å². The fourth-order valence-corrected chi connectivity index (χ4v) is 3.49. The monoisotopic (exact) mass is 361 g/mol. The lowest BCUT2D eigenvalue weighted by molar-refractivity contribution is 0.0600. The number of sulfonamides is 1. The lowest BCUT2D eigenvalue weighted by Gasteiger charge is -2.19. The van der Waals surface area contributed by atoms with E-state index in [-0.39, 0.29) is 10.3 Å². The van der Waals surface area contributed by atoms with E-state index in [1.54, 1.807) is 31.2 Å². The summed E-state index contributed by atoms with van der Waals surface area (Å²) < 4.78 is 32.4. The fraction of sp³-hybridized carbons (Fsp3) is 0.316. The van der Waals surface area contributed by atoms with Crippen LogP contribution >= 0.6 is 0 Å². The first-order valence-corrected chi connectivity index (χ1v) is 9.35. The molecule has 2 rings (SSSR count). The van der Waals surface area contributed by atoms with Crippen LogP contribution in [0.5, 0.6) is 0 Å². The maximum Gasteiger partial charge on any atom is 0.337 e. The zero-order valence-corrected chi connectivity index (χ0v) is 15.9. The second kappa shape index (κ2) is 6.88. The first kappa shape index (κ1) is 19.0. The summed E-state index contributed by atoms with van der Waals surface area (Å²) in [5, 5.41) is 0. The number of hydrogen-bond donors (Lipinski definition) is 1. The van der Waals surface area contributed by atoms with Crippen LogP contribution in [0.2, 0.25) is 0 Å². The predicted octanol–water partition coefficient (Wildman–Crippen LogP) is 3.88. The highest BCUT2D eigenvalue weighted by Gasteiger charge is 2.18. The van der Waals surface area contributed by atoms with Gasteiger partial charge in [0.2, 0.25) is 0 Å². The Bertz CT molecular complexity index is 879. The molecule has 0 atom stereocenters. The van der Waals surface area contributed by atoms with Gasteiger partial charge in [-0.15, -0.1) is 0 Å². The highest BCUT2D eigenvalue weighted by molar-refractivity contribution is 7.92. The van der Waals surface area contributed by atoms with Gasteiger partial charge in [0.25, 0.3) is 10.0 Å². The van der Waals surface area contributed by atoms with E-state index in [4.69, 9.17) is 0 Å². The number of esters is 1. The van der Waals surface area contributed by atoms with Crippen LogP contribution in [0.25, 0.3) is 0 Å². The van der Waals surface area contributed by atoms with Gasteiger partial charge in [0.1, 0.15) is 0 Å². The van der Waals surface area contributed by atoms with Crippen molar-refractivity contribution in [3.05, 3.63) is 59.2 Å². The van der Waals surface area contributed by atoms with Crippen molar-refractivity contribution >= 4 is 21.7 Å². The summed E-state index contributed by atoms with van der Waals surface area (Å²) in [6.07, 6.45) is 0. The third-order valence-electron chi connectivity index (χ3n) is 3.92. The molecule has 0 radical (unpaired) electrons. The molecule has 0 aliphatic heterocycles. The fourth-order valence-electron chi connectivity index (χ4n) is 2.36. The quantitative estimate of drug-likeness (QED) is 0.839. The van der Waals surface area contributed by atoms with Crippen molar-refractivity contribution in [3.8, 4) is 0 Å². The lowest BCUT2D eigenvalue weighted by Crippen LogP contribution is -2.15. The first-order valence-electron chi connectivity index (χ1n) is 7.87. The Hall–Kier alpha value is -2.34. The van der Waals surface area contributed by atoms with Crippen LogP contribution < -0.4 is 4.72 Å². The van der Waals surface area contributed by atoms with Gasteiger partial charge in [-0.25, -0.2) is 13.2 Å². The molecule has 0 aliphatic rings. The van der Waals surface area contributed by atoms with E-state index >= 15 is 0 Å². The first-order chi connectivity index (χ1) is 11.5. The van der Waals surface area contributed by atoms with Crippen LogP contribution in [0, 0.1) is 6.92 Å². The minimum atomic E-state index is -3.70. The highest BCUT2D eigenvalue weighted by atomic mass is 32.2. The highest BCUT2D eigenvalue weighted by Crippen LogP contribution is 2.25. The van der Waals surface area contributed by atoms with Crippen LogP contribution in [0.3, 0.4) is 0 Å². The Balaban J connectivity index is 2.28. The predicted molar refractivity (Wildman–Crippen MR) is 98.5 cm³/mol. The van der Waals surface area contributed by atoms with Crippen molar-refractivity contribution in [2.45, 2.75) is 38.0 Å². The molecule has 2 aromatic carbocycles. The van der Waals surface area contributed by atoms with Crippen LogP contribution in [0.15, 0.2) is 47.4 Å². The number of carbonyl (C=O) groups excluding carboxylic acids is 1. The molecule has 0 spiro atoms. The Kier molecular flexibility index (Phi) is 5.23. The molecule has 5 nitrogen and oxygen atoms in total. The molecule has 0 saturated heterocycles. The van der Waals surface area contributed by atoms with Gasteiger partial charge in [-0.05, 0) is 53.8 Å². The maximum atomic E-state index is 12.6. The van der Waals surface area contributed by atoms with Gasteiger partial charge >= 0.3 is 5.97 Å². The van der Waals surface area contributed by atoms with Gasteiger partial charge in [0, 0.05) is 0 Å². The number of anilines is 1. The molecule has 0 unspecified atom stereocenters. The molecule has 2 aromatic rings. The third-order valence-corrected chi connectivity index (χ3v) is 5.30. The standard InChI is InChI=1S/C19H23NO4S/c1-13-12-14(18(21)24-5)6-11-17(13)20-25(22,23)16-9-7-15(8-10-16)19(2,3)4/h6-12,20H,1-5H3. The summed E-state index contributed by atoms with van der Waals surface area (Å²) in [5.74, 6) is -0.463. The Morgan fingerprint density at radius 1 is 1.04 bits per heavy atom. The summed E-state index contributed by atoms with van der Waals surface area (Å²) in [5.41, 5.74) is 2.45. The number of carbonyl (C=O) groups is 1. The Morgan fingerprint density at radius 2 is 1.64 bits per heavy atom. The summed E-state index contributed by atoms with van der Waals surface area (Å²) in [4.78, 5) is 11.7. The zero-order valence-electron chi connectivity index (χ0n) is 15.1. The smallest absolute Gasteiger partial charge is 0.337 e. The molecule has 6 heteroatoms. The number of benzene rings is 2. The van der Waals surface area contributed by atoms with E-state index < -0.39 is 16.0 Å². The molecule has 0 aliphatic carbocycles. The summed E-state index contributed by atoms with van der Waals surface area (Å²) in [6, 6.07) is 11.5. The topological polar surface area (TPSA) is 72.5 Å². The van der Waals surface area contributed by atoms with E-state index in [1.165, 1.54) is 13.2 Å². The summed E-state index contributed by atoms with van der Waals surface area (Å²) in [7, 11) is -2.40. The molecule has 0 amide bonds. The van der Waals surface area contributed by atoms with Crippen molar-refractivity contribution < 1.29 is 17.9 Å². The van der Waals surface area contributed by atoms with Gasteiger partial charge in [-0.1, -0.05) is 32.9 Å². The van der Waals surface area contributed by atoms with Gasteiger partial charge in [0.05, 0.1) is 23.3 Å². The molecule has 0 aromatic heterocycles. The van der Waals surface area contributed by atoms with E-state index in [0.717, 1.165) is 5.56 Å². The van der Waals surface area contributed by atoms with Gasteiger partial charge in [0.15, 0.2) is 0 Å². The maximum absolute atomic E-state index is 12.6. The SMILES string of the molecule is COC(=O)c1ccc(NS(=O)(=O)c2ccc(C(C)(C)C)cc2)c(C)c1. The summed E-state index contributed by atoms with van der Waals surface area (Å²) in [6.45, 7) is 7.94. The van der Waals surface area contributed by atoms with Crippen molar-refractivity contribution in [2.75, 3.05) is 11.8 Å². The minimum absolute atomic E-state index is 0.0456. The van der Waals surface area contributed by atoms with E-state index in [0.29, 0.717) is 16.8 Å². The molecule has 25 heavy (non-hydrogen) atoms. The van der Waals surface area contributed by atoms with Crippen molar-refractivity contribution in [3.63, 3.8) is 0 Å². The normalized spacial score (nSPS) is 11.9. The van der Waals surface area contributed by atoms with Crippen molar-refractivity contribution in [1.29, 1.82) is 0 Å². The van der Waals surface area contributed by atoms with Crippen LogP contribution in [-0.2, 0) is 20.2 Å². The molecular weight excluding hydrogens is 338 g/mol. The molecular formula is C19H23NO4S. The molecule has 1 N–H and O–H groups in total. The van der Waals surface area contributed by atoms with Crippen LogP contribution in [0.4, 0.5) is 5.69 Å². The largest absolute Gasteiger partial charge is 0.465 e. The van der Waals surface area contributed by atoms with E-state index in [1.807, 2.05) is 12.1 Å². The van der Waals surface area contributed by atoms with Crippen LogP contribution in [0.1, 0.15) is 42.3 Å². The average Bonchev–Trinajstić information content (AvgIpc) is 2.55. The van der Waals surface area contributed by atoms with Gasteiger partial charge in [-0.2, -0.15) is 0 Å². The second-order valence-electron chi connectivity index (χ2n) is 6.90. The number of methoxy groups -OCH3 is 1. The third kappa shape index (κ3) is 4.39. The molecule has 0 fully saturated rings. The minimum Gasteiger partial charge on any atom is -0.465 e. The number of nitrogens with one attached hydrogen (secondary N) is 1. The number of hydrogen-bond acceptors (Lipinski definition) is 4. The number of ether oxygens (including phenoxy) is 1. The number of rotatable bonds is 4. The average molecular weight is 361 g/mol.